The predicted octanol–water partition coefficient (Wildman–Crippen LogP) is 4.67. The number of aromatic nitrogens is 6. The van der Waals surface area contributed by atoms with E-state index in [-0.39, 0.29) is 11.3 Å². The SMILES string of the molecule is Cc1nn(-c2ccc(C(=O)Nc3cc(C(C)(C)C)nn3-c3ncccn3)cc2)c(C)c1Cl. The molecule has 4 aromatic rings. The third-order valence-corrected chi connectivity index (χ3v) is 5.59. The Morgan fingerprint density at radius 1 is 1.00 bits per heavy atom. The molecule has 8 nitrogen and oxygen atoms in total. The summed E-state index contributed by atoms with van der Waals surface area (Å²) in [5.41, 5.74) is 3.55. The van der Waals surface area contributed by atoms with Gasteiger partial charge in [0.05, 0.1) is 27.8 Å². The van der Waals surface area contributed by atoms with Crippen molar-refractivity contribution < 1.29 is 4.79 Å². The number of hydrogen-bond acceptors (Lipinski definition) is 5. The highest BCUT2D eigenvalue weighted by molar-refractivity contribution is 6.31. The molecule has 0 fully saturated rings. The number of hydrogen-bond donors (Lipinski definition) is 1. The Labute approximate surface area is 191 Å². The second-order valence-electron chi connectivity index (χ2n) is 8.52. The number of rotatable bonds is 4. The van der Waals surface area contributed by atoms with Crippen LogP contribution in [0, 0.1) is 13.8 Å². The number of amides is 1. The molecule has 32 heavy (non-hydrogen) atoms. The number of carbonyl (C=O) groups excluding carboxylic acids is 1. The predicted molar refractivity (Wildman–Crippen MR) is 124 cm³/mol. The zero-order valence-electron chi connectivity index (χ0n) is 18.6. The summed E-state index contributed by atoms with van der Waals surface area (Å²) in [4.78, 5) is 21.5. The Morgan fingerprint density at radius 3 is 2.22 bits per heavy atom. The first-order valence-corrected chi connectivity index (χ1v) is 10.5. The lowest BCUT2D eigenvalue weighted by Gasteiger charge is -2.13. The Balaban J connectivity index is 1.63. The molecule has 164 valence electrons. The van der Waals surface area contributed by atoms with Crippen molar-refractivity contribution in [2.24, 2.45) is 0 Å². The highest BCUT2D eigenvalue weighted by atomic mass is 35.5. The first-order valence-electron chi connectivity index (χ1n) is 10.2. The van der Waals surface area contributed by atoms with Crippen LogP contribution < -0.4 is 5.32 Å². The van der Waals surface area contributed by atoms with Crippen LogP contribution in [0.15, 0.2) is 48.8 Å². The minimum absolute atomic E-state index is 0.206. The lowest BCUT2D eigenvalue weighted by molar-refractivity contribution is 0.102. The maximum Gasteiger partial charge on any atom is 0.256 e. The van der Waals surface area contributed by atoms with Gasteiger partial charge in [0, 0.05) is 29.4 Å². The van der Waals surface area contributed by atoms with Gasteiger partial charge in [-0.2, -0.15) is 14.9 Å². The summed E-state index contributed by atoms with van der Waals surface area (Å²) < 4.78 is 3.31. The molecular formula is C23H24ClN7O. The molecule has 1 N–H and O–H groups in total. The molecule has 0 aliphatic rings. The first kappa shape index (κ1) is 21.7. The third kappa shape index (κ3) is 4.13. The highest BCUT2D eigenvalue weighted by Crippen LogP contribution is 2.26. The summed E-state index contributed by atoms with van der Waals surface area (Å²) in [7, 11) is 0. The smallest absolute Gasteiger partial charge is 0.256 e. The normalized spacial score (nSPS) is 11.6. The number of aryl methyl sites for hydroxylation is 1. The zero-order valence-corrected chi connectivity index (χ0v) is 19.3. The van der Waals surface area contributed by atoms with E-state index in [0.717, 1.165) is 22.8 Å². The minimum Gasteiger partial charge on any atom is -0.306 e. The third-order valence-electron chi connectivity index (χ3n) is 5.04. The van der Waals surface area contributed by atoms with E-state index in [1.165, 1.54) is 0 Å². The van der Waals surface area contributed by atoms with Gasteiger partial charge in [0.15, 0.2) is 0 Å². The van der Waals surface area contributed by atoms with Crippen LogP contribution in [0.25, 0.3) is 11.6 Å². The van der Waals surface area contributed by atoms with Crippen LogP contribution in [-0.2, 0) is 5.41 Å². The van der Waals surface area contributed by atoms with Crippen molar-refractivity contribution in [1.82, 2.24) is 29.5 Å². The number of nitrogens with zero attached hydrogens (tertiary/aromatic N) is 6. The molecule has 3 heterocycles. The molecule has 9 heteroatoms. The summed E-state index contributed by atoms with van der Waals surface area (Å²) >= 11 is 6.25. The highest BCUT2D eigenvalue weighted by Gasteiger charge is 2.22. The van der Waals surface area contributed by atoms with Crippen molar-refractivity contribution in [2.45, 2.75) is 40.0 Å². The number of benzene rings is 1. The van der Waals surface area contributed by atoms with Crippen LogP contribution in [0.1, 0.15) is 48.2 Å². The average Bonchev–Trinajstić information content (AvgIpc) is 3.31. The molecule has 0 saturated heterocycles. The van der Waals surface area contributed by atoms with Crippen LogP contribution in [0.4, 0.5) is 5.82 Å². The Morgan fingerprint density at radius 2 is 1.66 bits per heavy atom. The van der Waals surface area contributed by atoms with E-state index in [0.29, 0.717) is 22.4 Å². The maximum atomic E-state index is 13.0. The summed E-state index contributed by atoms with van der Waals surface area (Å²) in [6.07, 6.45) is 3.27. The fraction of sp³-hybridized carbons (Fsp3) is 0.261. The molecule has 3 aromatic heterocycles. The fourth-order valence-electron chi connectivity index (χ4n) is 3.21. The molecule has 0 spiro atoms. The van der Waals surface area contributed by atoms with Gasteiger partial charge in [0.1, 0.15) is 5.82 Å². The van der Waals surface area contributed by atoms with Crippen molar-refractivity contribution in [3.8, 4) is 11.6 Å². The summed E-state index contributed by atoms with van der Waals surface area (Å²) in [5.74, 6) is 0.621. The van der Waals surface area contributed by atoms with Crippen LogP contribution in [0.2, 0.25) is 5.02 Å². The molecule has 1 aromatic carbocycles. The van der Waals surface area contributed by atoms with E-state index in [1.807, 2.05) is 32.0 Å². The largest absolute Gasteiger partial charge is 0.306 e. The van der Waals surface area contributed by atoms with Gasteiger partial charge in [0.25, 0.3) is 11.9 Å². The monoisotopic (exact) mass is 449 g/mol. The van der Waals surface area contributed by atoms with E-state index >= 15 is 0 Å². The van der Waals surface area contributed by atoms with E-state index in [9.17, 15) is 4.79 Å². The van der Waals surface area contributed by atoms with Crippen LogP contribution >= 0.6 is 11.6 Å². The summed E-state index contributed by atoms with van der Waals surface area (Å²) in [5, 5.41) is 12.7. The second-order valence-corrected chi connectivity index (χ2v) is 8.90. The maximum absolute atomic E-state index is 13.0. The molecule has 0 atom stereocenters. The fourth-order valence-corrected chi connectivity index (χ4v) is 3.33. The minimum atomic E-state index is -0.263. The molecule has 0 aliphatic heterocycles. The van der Waals surface area contributed by atoms with Gasteiger partial charge < -0.3 is 5.32 Å². The van der Waals surface area contributed by atoms with Crippen molar-refractivity contribution in [3.05, 3.63) is 76.5 Å². The standard InChI is InChI=1S/C23H24ClN7O/c1-14-20(24)15(2)30(28-14)17-9-7-16(8-10-17)21(32)27-19-13-18(23(3,4)5)29-31(19)22-25-11-6-12-26-22/h6-13H,1-5H3,(H,27,32). The molecule has 0 bridgehead atoms. The molecule has 1 amide bonds. The van der Waals surface area contributed by atoms with Crippen molar-refractivity contribution in [1.29, 1.82) is 0 Å². The Kier molecular flexibility index (Phi) is 5.56. The van der Waals surface area contributed by atoms with Gasteiger partial charge in [-0.3, -0.25) is 4.79 Å². The van der Waals surface area contributed by atoms with E-state index < -0.39 is 0 Å². The Hall–Kier alpha value is -3.52. The molecule has 0 aliphatic carbocycles. The van der Waals surface area contributed by atoms with Crippen molar-refractivity contribution in [2.75, 3.05) is 5.32 Å². The van der Waals surface area contributed by atoms with Gasteiger partial charge in [-0.25, -0.2) is 14.6 Å². The van der Waals surface area contributed by atoms with Gasteiger partial charge in [-0.1, -0.05) is 32.4 Å². The number of carbonyl (C=O) groups is 1. The topological polar surface area (TPSA) is 90.5 Å². The van der Waals surface area contributed by atoms with Gasteiger partial charge in [-0.15, -0.1) is 0 Å². The second kappa shape index (κ2) is 8.20. The van der Waals surface area contributed by atoms with Gasteiger partial charge in [0.2, 0.25) is 0 Å². The lowest BCUT2D eigenvalue weighted by atomic mass is 9.92. The summed E-state index contributed by atoms with van der Waals surface area (Å²) in [6, 6.07) is 10.7. The average molecular weight is 450 g/mol. The molecule has 0 saturated carbocycles. The van der Waals surface area contributed by atoms with Crippen LogP contribution in [0.5, 0.6) is 0 Å². The van der Waals surface area contributed by atoms with E-state index in [4.69, 9.17) is 11.6 Å². The first-order chi connectivity index (χ1) is 15.1. The molecular weight excluding hydrogens is 426 g/mol. The van der Waals surface area contributed by atoms with Crippen molar-refractivity contribution in [3.63, 3.8) is 0 Å². The van der Waals surface area contributed by atoms with Crippen molar-refractivity contribution >= 4 is 23.3 Å². The van der Waals surface area contributed by atoms with Crippen LogP contribution in [0.3, 0.4) is 0 Å². The number of anilines is 1. The zero-order chi connectivity index (χ0) is 23.0. The quantitative estimate of drug-likeness (QED) is 0.489. The van der Waals surface area contributed by atoms with E-state index in [1.54, 1.807) is 40.0 Å². The molecule has 4 rings (SSSR count). The van der Waals surface area contributed by atoms with Gasteiger partial charge in [-0.05, 0) is 44.2 Å². The van der Waals surface area contributed by atoms with Crippen LogP contribution in [-0.4, -0.2) is 35.4 Å². The van der Waals surface area contributed by atoms with Gasteiger partial charge >= 0.3 is 0 Å². The Bertz CT molecular complexity index is 1270. The number of nitrogens with one attached hydrogen (secondary N) is 1. The molecule has 0 unspecified atom stereocenters. The van der Waals surface area contributed by atoms with E-state index in [2.05, 4.69) is 46.3 Å². The molecule has 0 radical (unpaired) electrons. The summed E-state index contributed by atoms with van der Waals surface area (Å²) in [6.45, 7) is 9.94. The lowest BCUT2D eigenvalue weighted by Crippen LogP contribution is -2.16. The number of halogens is 1.